The lowest BCUT2D eigenvalue weighted by Crippen LogP contribution is -2.04. The zero-order valence-corrected chi connectivity index (χ0v) is 9.11. The van der Waals surface area contributed by atoms with Crippen LogP contribution in [0.5, 0.6) is 0 Å². The molecule has 0 bridgehead atoms. The van der Waals surface area contributed by atoms with E-state index >= 15 is 0 Å². The molecule has 1 aromatic rings. The van der Waals surface area contributed by atoms with Crippen molar-refractivity contribution in [3.8, 4) is 0 Å². The lowest BCUT2D eigenvalue weighted by atomic mass is 10.1. The summed E-state index contributed by atoms with van der Waals surface area (Å²) in [6, 6.07) is 3.75. The molecule has 0 N–H and O–H groups in total. The maximum Gasteiger partial charge on any atom is 0.137 e. The first-order valence-electron chi connectivity index (χ1n) is 5.31. The molecule has 0 spiro atoms. The highest BCUT2D eigenvalue weighted by Crippen LogP contribution is 2.02. The van der Waals surface area contributed by atoms with Crippen LogP contribution in [0.15, 0.2) is 24.5 Å². The van der Waals surface area contributed by atoms with Crippen LogP contribution in [-0.4, -0.2) is 24.0 Å². The molecular formula is C12H17NO2. The highest BCUT2D eigenvalue weighted by atomic mass is 16.5. The second-order valence-electron chi connectivity index (χ2n) is 3.37. The lowest BCUT2D eigenvalue weighted by molar-refractivity contribution is -0.118. The second kappa shape index (κ2) is 7.12. The number of rotatable bonds is 7. The summed E-state index contributed by atoms with van der Waals surface area (Å²) in [5.41, 5.74) is 1.03. The number of carbonyl (C=O) groups is 1. The van der Waals surface area contributed by atoms with Gasteiger partial charge in [0.1, 0.15) is 5.78 Å². The molecule has 0 unspecified atom stereocenters. The summed E-state index contributed by atoms with van der Waals surface area (Å²) < 4.78 is 5.17. The summed E-state index contributed by atoms with van der Waals surface area (Å²) in [6.45, 7) is 3.36. The average Bonchev–Trinajstić information content (AvgIpc) is 2.26. The molecule has 0 aromatic carbocycles. The minimum atomic E-state index is 0.265. The van der Waals surface area contributed by atoms with Crippen molar-refractivity contribution in [2.45, 2.75) is 26.2 Å². The average molecular weight is 207 g/mol. The molecule has 1 heterocycles. The van der Waals surface area contributed by atoms with Crippen LogP contribution >= 0.6 is 0 Å². The molecule has 1 rings (SSSR count). The maximum atomic E-state index is 11.5. The zero-order valence-electron chi connectivity index (χ0n) is 9.11. The van der Waals surface area contributed by atoms with Crippen molar-refractivity contribution in [2.24, 2.45) is 0 Å². The Morgan fingerprint density at radius 2 is 2.13 bits per heavy atom. The number of ketones is 1. The Balaban J connectivity index is 2.19. The number of aromatic nitrogens is 1. The number of ether oxygens (including phenoxy) is 1. The topological polar surface area (TPSA) is 39.2 Å². The predicted octanol–water partition coefficient (Wildman–Crippen LogP) is 2.01. The van der Waals surface area contributed by atoms with Crippen molar-refractivity contribution in [3.63, 3.8) is 0 Å². The predicted molar refractivity (Wildman–Crippen MR) is 58.7 cm³/mol. The zero-order chi connectivity index (χ0) is 10.9. The van der Waals surface area contributed by atoms with Gasteiger partial charge in [0.15, 0.2) is 0 Å². The van der Waals surface area contributed by atoms with Crippen molar-refractivity contribution < 1.29 is 9.53 Å². The Morgan fingerprint density at radius 3 is 2.80 bits per heavy atom. The van der Waals surface area contributed by atoms with Gasteiger partial charge in [-0.3, -0.25) is 9.78 Å². The van der Waals surface area contributed by atoms with Gasteiger partial charge in [0.25, 0.3) is 0 Å². The van der Waals surface area contributed by atoms with E-state index in [1.54, 1.807) is 12.4 Å². The van der Waals surface area contributed by atoms with Crippen molar-refractivity contribution >= 4 is 5.78 Å². The van der Waals surface area contributed by atoms with Crippen LogP contribution in [0, 0.1) is 0 Å². The van der Waals surface area contributed by atoms with Crippen molar-refractivity contribution in [1.29, 1.82) is 0 Å². The van der Waals surface area contributed by atoms with Crippen molar-refractivity contribution in [3.05, 3.63) is 30.1 Å². The number of nitrogens with zero attached hydrogens (tertiary/aromatic N) is 1. The van der Waals surface area contributed by atoms with E-state index in [9.17, 15) is 4.79 Å². The minimum absolute atomic E-state index is 0.265. The first-order valence-corrected chi connectivity index (χ1v) is 5.31. The number of Topliss-reactive ketones (excluding diaryl/α,β-unsaturated/α-hetero) is 1. The monoisotopic (exact) mass is 207 g/mol. The Bertz CT molecular complexity index is 285. The fourth-order valence-electron chi connectivity index (χ4n) is 1.33. The summed E-state index contributed by atoms with van der Waals surface area (Å²) in [7, 11) is 0. The minimum Gasteiger partial charge on any atom is -0.382 e. The summed E-state index contributed by atoms with van der Waals surface area (Å²) in [5.74, 6) is 0.265. The van der Waals surface area contributed by atoms with Crippen LogP contribution in [0.25, 0.3) is 0 Å². The lowest BCUT2D eigenvalue weighted by Gasteiger charge is -2.01. The van der Waals surface area contributed by atoms with E-state index < -0.39 is 0 Å². The van der Waals surface area contributed by atoms with E-state index in [0.717, 1.165) is 18.6 Å². The summed E-state index contributed by atoms with van der Waals surface area (Å²) >= 11 is 0. The highest BCUT2D eigenvalue weighted by molar-refractivity contribution is 5.80. The SMILES string of the molecule is CCOCCCC(=O)Cc1ccncc1. The third-order valence-corrected chi connectivity index (χ3v) is 2.10. The first-order chi connectivity index (χ1) is 7.33. The molecule has 82 valence electrons. The first kappa shape index (κ1) is 11.9. The van der Waals surface area contributed by atoms with Gasteiger partial charge in [-0.2, -0.15) is 0 Å². The van der Waals surface area contributed by atoms with E-state index in [1.165, 1.54) is 0 Å². The molecule has 0 aliphatic heterocycles. The third kappa shape index (κ3) is 5.27. The van der Waals surface area contributed by atoms with Gasteiger partial charge in [-0.1, -0.05) is 0 Å². The summed E-state index contributed by atoms with van der Waals surface area (Å²) in [6.07, 6.45) is 5.35. The molecule has 1 aromatic heterocycles. The van der Waals surface area contributed by atoms with Gasteiger partial charge >= 0.3 is 0 Å². The molecule has 0 aliphatic rings. The standard InChI is InChI=1S/C12H17NO2/c1-2-15-9-3-4-12(14)10-11-5-7-13-8-6-11/h5-8H,2-4,9-10H2,1H3. The Hall–Kier alpha value is -1.22. The summed E-state index contributed by atoms with van der Waals surface area (Å²) in [5, 5.41) is 0. The molecule has 0 saturated carbocycles. The number of carbonyl (C=O) groups excluding carboxylic acids is 1. The molecule has 15 heavy (non-hydrogen) atoms. The Morgan fingerprint density at radius 1 is 1.40 bits per heavy atom. The van der Waals surface area contributed by atoms with E-state index in [0.29, 0.717) is 19.4 Å². The molecule has 0 fully saturated rings. The van der Waals surface area contributed by atoms with Gasteiger partial charge in [-0.15, -0.1) is 0 Å². The number of pyridine rings is 1. The van der Waals surface area contributed by atoms with Gasteiger partial charge in [-0.25, -0.2) is 0 Å². The van der Waals surface area contributed by atoms with E-state index in [2.05, 4.69) is 4.98 Å². The normalized spacial score (nSPS) is 10.2. The maximum absolute atomic E-state index is 11.5. The molecule has 3 heteroatoms. The summed E-state index contributed by atoms with van der Waals surface area (Å²) in [4.78, 5) is 15.4. The van der Waals surface area contributed by atoms with Gasteiger partial charge < -0.3 is 4.74 Å². The van der Waals surface area contributed by atoms with E-state index in [4.69, 9.17) is 4.74 Å². The van der Waals surface area contributed by atoms with Crippen molar-refractivity contribution in [2.75, 3.05) is 13.2 Å². The highest BCUT2D eigenvalue weighted by Gasteiger charge is 2.02. The van der Waals surface area contributed by atoms with Crippen LogP contribution in [0.1, 0.15) is 25.3 Å². The van der Waals surface area contributed by atoms with Crippen LogP contribution in [0.3, 0.4) is 0 Å². The Kier molecular flexibility index (Phi) is 5.63. The number of hydrogen-bond donors (Lipinski definition) is 0. The molecule has 0 saturated heterocycles. The molecule has 3 nitrogen and oxygen atoms in total. The van der Waals surface area contributed by atoms with Crippen molar-refractivity contribution in [1.82, 2.24) is 4.98 Å². The second-order valence-corrected chi connectivity index (χ2v) is 3.37. The van der Waals surface area contributed by atoms with Crippen LogP contribution in [-0.2, 0) is 16.0 Å². The Labute approximate surface area is 90.5 Å². The molecule has 0 atom stereocenters. The largest absolute Gasteiger partial charge is 0.382 e. The quantitative estimate of drug-likeness (QED) is 0.642. The fourth-order valence-corrected chi connectivity index (χ4v) is 1.33. The number of hydrogen-bond acceptors (Lipinski definition) is 3. The fraction of sp³-hybridized carbons (Fsp3) is 0.500. The van der Waals surface area contributed by atoms with Gasteiger partial charge in [0.05, 0.1) is 0 Å². The third-order valence-electron chi connectivity index (χ3n) is 2.10. The van der Waals surface area contributed by atoms with E-state index in [-0.39, 0.29) is 5.78 Å². The van der Waals surface area contributed by atoms with Gasteiger partial charge in [0, 0.05) is 38.4 Å². The smallest absolute Gasteiger partial charge is 0.137 e. The van der Waals surface area contributed by atoms with E-state index in [1.807, 2.05) is 19.1 Å². The van der Waals surface area contributed by atoms with Crippen LogP contribution in [0.2, 0.25) is 0 Å². The molecule has 0 radical (unpaired) electrons. The van der Waals surface area contributed by atoms with Gasteiger partial charge in [0.2, 0.25) is 0 Å². The molecular weight excluding hydrogens is 190 g/mol. The van der Waals surface area contributed by atoms with Crippen LogP contribution in [0.4, 0.5) is 0 Å². The molecule has 0 aliphatic carbocycles. The van der Waals surface area contributed by atoms with Gasteiger partial charge in [-0.05, 0) is 31.0 Å². The molecule has 0 amide bonds. The van der Waals surface area contributed by atoms with Crippen LogP contribution < -0.4 is 0 Å².